The molecule has 0 aliphatic carbocycles. The van der Waals surface area contributed by atoms with Gasteiger partial charge in [0.05, 0.1) is 4.91 Å². The van der Waals surface area contributed by atoms with Crippen molar-refractivity contribution in [2.45, 2.75) is 0 Å². The highest BCUT2D eigenvalue weighted by Gasteiger charge is 2.20. The van der Waals surface area contributed by atoms with Crippen molar-refractivity contribution in [3.8, 4) is 11.3 Å². The Labute approximate surface area is 124 Å². The summed E-state index contributed by atoms with van der Waals surface area (Å²) in [5.74, 6) is 0.914. The molecule has 1 aromatic carbocycles. The van der Waals surface area contributed by atoms with Crippen LogP contribution in [0.25, 0.3) is 17.4 Å². The van der Waals surface area contributed by atoms with E-state index < -0.39 is 0 Å². The fourth-order valence-electron chi connectivity index (χ4n) is 1.78. The van der Waals surface area contributed by atoms with Crippen molar-refractivity contribution in [3.05, 3.63) is 52.1 Å². The lowest BCUT2D eigenvalue weighted by atomic mass is 10.2. The van der Waals surface area contributed by atoms with Gasteiger partial charge in [0.25, 0.3) is 5.91 Å². The Morgan fingerprint density at radius 3 is 2.85 bits per heavy atom. The summed E-state index contributed by atoms with van der Waals surface area (Å²) in [6.07, 6.45) is 1.63. The predicted molar refractivity (Wildman–Crippen MR) is 81.4 cm³/mol. The quantitative estimate of drug-likeness (QED) is 0.862. The molecule has 2 N–H and O–H groups in total. The van der Waals surface area contributed by atoms with E-state index in [0.717, 1.165) is 17.3 Å². The molecule has 1 aromatic heterocycles. The van der Waals surface area contributed by atoms with Gasteiger partial charge in [-0.2, -0.15) is 4.99 Å². The zero-order chi connectivity index (χ0) is 14.1. The number of carbonyl (C=O) groups excluding carboxylic acids is 1. The van der Waals surface area contributed by atoms with Crippen LogP contribution < -0.4 is 5.73 Å². The van der Waals surface area contributed by atoms with E-state index in [1.165, 1.54) is 0 Å². The van der Waals surface area contributed by atoms with Gasteiger partial charge in [-0.3, -0.25) is 4.79 Å². The van der Waals surface area contributed by atoms with E-state index in [1.807, 2.05) is 24.3 Å². The van der Waals surface area contributed by atoms with Crippen LogP contribution in [0.1, 0.15) is 5.76 Å². The number of rotatable bonds is 2. The van der Waals surface area contributed by atoms with Gasteiger partial charge in [0.15, 0.2) is 5.17 Å². The first kappa shape index (κ1) is 13.0. The number of hydrogen-bond acceptors (Lipinski definition) is 4. The van der Waals surface area contributed by atoms with Gasteiger partial charge in [0.2, 0.25) is 0 Å². The summed E-state index contributed by atoms with van der Waals surface area (Å²) in [6.45, 7) is 0. The molecule has 0 fully saturated rings. The van der Waals surface area contributed by atoms with E-state index in [0.29, 0.717) is 21.4 Å². The molecule has 0 bridgehead atoms. The number of amides is 1. The normalized spacial score (nSPS) is 16.8. The molecular weight excluding hydrogens is 296 g/mol. The third-order valence-corrected chi connectivity index (χ3v) is 3.69. The summed E-state index contributed by atoms with van der Waals surface area (Å²) >= 11 is 7.08. The SMILES string of the molecule is NC1=NC(=O)/C(=C/c2ccc(-c3cccc(Cl)c3)o2)S1. The largest absolute Gasteiger partial charge is 0.457 e. The minimum atomic E-state index is -0.340. The van der Waals surface area contributed by atoms with Crippen LogP contribution in [0.4, 0.5) is 0 Å². The standard InChI is InChI=1S/C14H9ClN2O2S/c15-9-3-1-2-8(6-9)11-5-4-10(19-11)7-12-13(18)17-14(16)20-12/h1-7H,(H2,16,17,18)/b12-7-. The number of carbonyl (C=O) groups is 1. The summed E-state index contributed by atoms with van der Waals surface area (Å²) in [7, 11) is 0. The molecule has 1 aliphatic rings. The molecule has 0 saturated carbocycles. The zero-order valence-corrected chi connectivity index (χ0v) is 11.7. The van der Waals surface area contributed by atoms with Gasteiger partial charge in [0.1, 0.15) is 11.5 Å². The second kappa shape index (κ2) is 5.19. The Bertz CT molecular complexity index is 749. The highest BCUT2D eigenvalue weighted by atomic mass is 35.5. The number of halogens is 1. The highest BCUT2D eigenvalue weighted by molar-refractivity contribution is 8.18. The Morgan fingerprint density at radius 1 is 1.30 bits per heavy atom. The van der Waals surface area contributed by atoms with Crippen molar-refractivity contribution >= 4 is 40.5 Å². The molecule has 2 aromatic rings. The lowest BCUT2D eigenvalue weighted by Crippen LogP contribution is -2.01. The van der Waals surface area contributed by atoms with E-state index >= 15 is 0 Å². The summed E-state index contributed by atoms with van der Waals surface area (Å²) in [4.78, 5) is 15.6. The first-order chi connectivity index (χ1) is 9.61. The Morgan fingerprint density at radius 2 is 2.15 bits per heavy atom. The van der Waals surface area contributed by atoms with Gasteiger partial charge >= 0.3 is 0 Å². The van der Waals surface area contributed by atoms with Gasteiger partial charge in [-0.25, -0.2) is 0 Å². The third kappa shape index (κ3) is 2.64. The Hall–Kier alpha value is -1.98. The summed E-state index contributed by atoms with van der Waals surface area (Å²) in [5, 5.41) is 0.893. The Balaban J connectivity index is 1.88. The minimum Gasteiger partial charge on any atom is -0.457 e. The number of hydrogen-bond donors (Lipinski definition) is 1. The number of thioether (sulfide) groups is 1. The lowest BCUT2D eigenvalue weighted by Gasteiger charge is -1.97. The van der Waals surface area contributed by atoms with Crippen molar-refractivity contribution in [1.82, 2.24) is 0 Å². The van der Waals surface area contributed by atoms with Crippen molar-refractivity contribution in [1.29, 1.82) is 0 Å². The Kier molecular flexibility index (Phi) is 3.38. The van der Waals surface area contributed by atoms with Gasteiger partial charge in [-0.1, -0.05) is 23.7 Å². The molecule has 2 heterocycles. The number of benzene rings is 1. The number of aliphatic imine (C=N–C) groups is 1. The first-order valence-electron chi connectivity index (χ1n) is 5.75. The maximum Gasteiger partial charge on any atom is 0.286 e. The minimum absolute atomic E-state index is 0.253. The van der Waals surface area contributed by atoms with Crippen LogP contribution >= 0.6 is 23.4 Å². The lowest BCUT2D eigenvalue weighted by molar-refractivity contribution is -0.113. The molecule has 6 heteroatoms. The van der Waals surface area contributed by atoms with Gasteiger partial charge in [0, 0.05) is 16.7 Å². The van der Waals surface area contributed by atoms with Crippen LogP contribution in [0, 0.1) is 0 Å². The van der Waals surface area contributed by atoms with Gasteiger partial charge < -0.3 is 10.2 Å². The average molecular weight is 305 g/mol. The third-order valence-electron chi connectivity index (χ3n) is 2.65. The maximum atomic E-state index is 11.5. The maximum absolute atomic E-state index is 11.5. The molecule has 1 aliphatic heterocycles. The van der Waals surface area contributed by atoms with Crippen molar-refractivity contribution in [2.75, 3.05) is 0 Å². The van der Waals surface area contributed by atoms with Crippen LogP contribution in [-0.2, 0) is 4.79 Å². The molecule has 0 saturated heterocycles. The van der Waals surface area contributed by atoms with Crippen molar-refractivity contribution in [2.24, 2.45) is 10.7 Å². The fourth-order valence-corrected chi connectivity index (χ4v) is 2.63. The smallest absolute Gasteiger partial charge is 0.286 e. The molecule has 0 unspecified atom stereocenters. The second-order valence-corrected chi connectivity index (χ2v) is 5.58. The van der Waals surface area contributed by atoms with E-state index in [4.69, 9.17) is 21.8 Å². The van der Waals surface area contributed by atoms with Crippen LogP contribution in [0.15, 0.2) is 50.7 Å². The molecule has 100 valence electrons. The highest BCUT2D eigenvalue weighted by Crippen LogP contribution is 2.29. The van der Waals surface area contributed by atoms with E-state index in [1.54, 1.807) is 18.2 Å². The van der Waals surface area contributed by atoms with Crippen LogP contribution in [0.5, 0.6) is 0 Å². The van der Waals surface area contributed by atoms with Crippen molar-refractivity contribution < 1.29 is 9.21 Å². The molecule has 3 rings (SSSR count). The number of amidine groups is 1. The van der Waals surface area contributed by atoms with E-state index in [2.05, 4.69) is 4.99 Å². The summed E-state index contributed by atoms with van der Waals surface area (Å²) in [6, 6.07) is 11.0. The summed E-state index contributed by atoms with van der Waals surface area (Å²) < 4.78 is 5.68. The average Bonchev–Trinajstić information content (AvgIpc) is 2.97. The van der Waals surface area contributed by atoms with Crippen LogP contribution in [-0.4, -0.2) is 11.1 Å². The molecular formula is C14H9ClN2O2S. The van der Waals surface area contributed by atoms with Crippen LogP contribution in [0.3, 0.4) is 0 Å². The second-order valence-electron chi connectivity index (χ2n) is 4.08. The molecule has 0 radical (unpaired) electrons. The predicted octanol–water partition coefficient (Wildman–Crippen LogP) is 3.53. The molecule has 0 spiro atoms. The number of nitrogens with two attached hydrogens (primary N) is 1. The van der Waals surface area contributed by atoms with Gasteiger partial charge in [-0.05, 0) is 36.0 Å². The number of furan rings is 1. The first-order valence-corrected chi connectivity index (χ1v) is 6.95. The van der Waals surface area contributed by atoms with Gasteiger partial charge in [-0.15, -0.1) is 0 Å². The monoisotopic (exact) mass is 304 g/mol. The topological polar surface area (TPSA) is 68.6 Å². The number of nitrogens with zero attached hydrogens (tertiary/aromatic N) is 1. The van der Waals surface area contributed by atoms with Crippen LogP contribution in [0.2, 0.25) is 5.02 Å². The molecule has 0 atom stereocenters. The van der Waals surface area contributed by atoms with E-state index in [9.17, 15) is 4.79 Å². The van der Waals surface area contributed by atoms with Crippen molar-refractivity contribution in [3.63, 3.8) is 0 Å². The van der Waals surface area contributed by atoms with E-state index in [-0.39, 0.29) is 11.1 Å². The zero-order valence-electron chi connectivity index (χ0n) is 10.2. The molecule has 1 amide bonds. The summed E-state index contributed by atoms with van der Waals surface area (Å²) in [5.41, 5.74) is 6.37. The fraction of sp³-hybridized carbons (Fsp3) is 0. The molecule has 20 heavy (non-hydrogen) atoms. The molecule has 4 nitrogen and oxygen atoms in total.